The third-order valence-corrected chi connectivity index (χ3v) is 7.69. The lowest BCUT2D eigenvalue weighted by atomic mass is 10.2. The van der Waals surface area contributed by atoms with Crippen molar-refractivity contribution in [3.63, 3.8) is 0 Å². The Kier molecular flexibility index (Phi) is 6.50. The van der Waals surface area contributed by atoms with E-state index in [0.29, 0.717) is 12.1 Å². The molecule has 2 N–H and O–H groups in total. The molecule has 10 heteroatoms. The molecule has 1 unspecified atom stereocenters. The largest absolute Gasteiger partial charge is 0.324 e. The summed E-state index contributed by atoms with van der Waals surface area (Å²) in [5.74, 6) is -1.96. The van der Waals surface area contributed by atoms with E-state index in [-0.39, 0.29) is 33.2 Å². The Hall–Kier alpha value is -2.10. The van der Waals surface area contributed by atoms with Gasteiger partial charge in [-0.15, -0.1) is 11.8 Å². The second-order valence-corrected chi connectivity index (χ2v) is 10.2. The van der Waals surface area contributed by atoms with E-state index < -0.39 is 27.3 Å². The van der Waals surface area contributed by atoms with E-state index in [2.05, 4.69) is 10.6 Å². The monoisotopic (exact) mass is 456 g/mol. The number of halogens is 2. The zero-order chi connectivity index (χ0) is 21.2. The molecule has 1 aliphatic rings. The second-order valence-electron chi connectivity index (χ2n) is 6.40. The van der Waals surface area contributed by atoms with Crippen LogP contribution in [0.3, 0.4) is 0 Å². The summed E-state index contributed by atoms with van der Waals surface area (Å²) in [4.78, 5) is 24.9. The number of sulfone groups is 1. The van der Waals surface area contributed by atoms with E-state index in [9.17, 15) is 22.4 Å². The summed E-state index contributed by atoms with van der Waals surface area (Å²) < 4.78 is 38.9. The summed E-state index contributed by atoms with van der Waals surface area (Å²) in [6.07, 6.45) is 0.319. The highest BCUT2D eigenvalue weighted by molar-refractivity contribution is 8.01. The highest BCUT2D eigenvalue weighted by Crippen LogP contribution is 2.38. The van der Waals surface area contributed by atoms with Gasteiger partial charge in [0.05, 0.1) is 27.3 Å². The van der Waals surface area contributed by atoms with Crippen LogP contribution < -0.4 is 10.6 Å². The quantitative estimate of drug-likeness (QED) is 0.682. The fraction of sp³-hybridized carbons (Fsp3) is 0.263. The van der Waals surface area contributed by atoms with Gasteiger partial charge in [-0.2, -0.15) is 0 Å². The zero-order valence-corrected chi connectivity index (χ0v) is 17.8. The number of amides is 2. The van der Waals surface area contributed by atoms with Crippen LogP contribution in [0.4, 0.5) is 15.8 Å². The average Bonchev–Trinajstić information content (AvgIpc) is 2.67. The van der Waals surface area contributed by atoms with Crippen molar-refractivity contribution in [2.75, 3.05) is 16.4 Å². The van der Waals surface area contributed by atoms with Gasteiger partial charge in [0.1, 0.15) is 5.82 Å². The SMILES string of the molecule is CCC1Sc2ccc(S(=O)(=O)CCC(=O)Nc3ccc(Cl)cc3F)cc2NC1=O. The Bertz CT molecular complexity index is 1080. The van der Waals surface area contributed by atoms with Gasteiger partial charge in [-0.3, -0.25) is 9.59 Å². The Labute approximate surface area is 177 Å². The maximum absolute atomic E-state index is 13.7. The van der Waals surface area contributed by atoms with Gasteiger partial charge in [-0.25, -0.2) is 12.8 Å². The highest BCUT2D eigenvalue weighted by atomic mass is 35.5. The van der Waals surface area contributed by atoms with Crippen LogP contribution >= 0.6 is 23.4 Å². The van der Waals surface area contributed by atoms with Crippen LogP contribution in [-0.2, 0) is 19.4 Å². The Balaban J connectivity index is 1.67. The van der Waals surface area contributed by atoms with E-state index in [1.165, 1.54) is 36.0 Å². The molecular weight excluding hydrogens is 439 g/mol. The molecule has 0 bridgehead atoms. The lowest BCUT2D eigenvalue weighted by molar-refractivity contribution is -0.116. The number of fused-ring (bicyclic) bond motifs is 1. The van der Waals surface area contributed by atoms with Crippen LogP contribution in [-0.4, -0.2) is 31.2 Å². The Morgan fingerprint density at radius 1 is 1.28 bits per heavy atom. The number of carbonyl (C=O) groups is 2. The van der Waals surface area contributed by atoms with Crippen molar-refractivity contribution in [2.24, 2.45) is 0 Å². The summed E-state index contributed by atoms with van der Waals surface area (Å²) in [6, 6.07) is 8.28. The molecule has 29 heavy (non-hydrogen) atoms. The third kappa shape index (κ3) is 5.09. The molecular formula is C19H18ClFN2O4S2. The second kappa shape index (κ2) is 8.73. The summed E-state index contributed by atoms with van der Waals surface area (Å²) in [7, 11) is -3.77. The highest BCUT2D eigenvalue weighted by Gasteiger charge is 2.27. The number of benzene rings is 2. The van der Waals surface area contributed by atoms with Crippen molar-refractivity contribution in [1.29, 1.82) is 0 Å². The molecule has 0 saturated carbocycles. The molecule has 1 heterocycles. The predicted molar refractivity (Wildman–Crippen MR) is 112 cm³/mol. The zero-order valence-electron chi connectivity index (χ0n) is 15.4. The standard InChI is InChI=1S/C19H18ClFN2O4S2/c1-2-16-19(25)23-15-10-12(4-6-17(15)28-16)29(26,27)8-7-18(24)22-14-5-3-11(20)9-13(14)21/h3-6,9-10,16H,2,7-8H2,1H3,(H,22,24)(H,23,25). The first kappa shape index (κ1) is 21.6. The molecule has 1 aliphatic heterocycles. The number of thioether (sulfide) groups is 1. The normalized spacial score (nSPS) is 16.1. The fourth-order valence-corrected chi connectivity index (χ4v) is 5.18. The number of rotatable bonds is 6. The molecule has 154 valence electrons. The van der Waals surface area contributed by atoms with Crippen molar-refractivity contribution < 1.29 is 22.4 Å². The summed E-state index contributed by atoms with van der Waals surface area (Å²) >= 11 is 7.05. The lowest BCUT2D eigenvalue weighted by Crippen LogP contribution is -2.28. The molecule has 6 nitrogen and oxygen atoms in total. The topological polar surface area (TPSA) is 92.3 Å². The number of hydrogen-bond donors (Lipinski definition) is 2. The van der Waals surface area contributed by atoms with Crippen LogP contribution in [0.5, 0.6) is 0 Å². The van der Waals surface area contributed by atoms with Gasteiger partial charge in [-0.05, 0) is 42.8 Å². The molecule has 2 amide bonds. The Morgan fingerprint density at radius 3 is 2.72 bits per heavy atom. The first-order chi connectivity index (χ1) is 13.7. The fourth-order valence-electron chi connectivity index (χ4n) is 2.74. The van der Waals surface area contributed by atoms with E-state index in [0.717, 1.165) is 11.0 Å². The maximum Gasteiger partial charge on any atom is 0.237 e. The minimum atomic E-state index is -3.77. The van der Waals surface area contributed by atoms with E-state index in [1.54, 1.807) is 6.07 Å². The smallest absolute Gasteiger partial charge is 0.237 e. The van der Waals surface area contributed by atoms with E-state index in [4.69, 9.17) is 11.6 Å². The van der Waals surface area contributed by atoms with Gasteiger partial charge in [0.15, 0.2) is 9.84 Å². The minimum Gasteiger partial charge on any atom is -0.324 e. The van der Waals surface area contributed by atoms with Crippen LogP contribution in [0.1, 0.15) is 19.8 Å². The van der Waals surface area contributed by atoms with E-state index in [1.807, 2.05) is 6.92 Å². The van der Waals surface area contributed by atoms with Crippen LogP contribution in [0.15, 0.2) is 46.2 Å². The maximum atomic E-state index is 13.7. The predicted octanol–water partition coefficient (Wildman–Crippen LogP) is 4.10. The van der Waals surface area contributed by atoms with Gasteiger partial charge in [0, 0.05) is 16.3 Å². The van der Waals surface area contributed by atoms with Crippen molar-refractivity contribution >= 4 is 56.4 Å². The minimum absolute atomic E-state index is 0.0116. The lowest BCUT2D eigenvalue weighted by Gasteiger charge is -2.23. The van der Waals surface area contributed by atoms with Gasteiger partial charge in [0.25, 0.3) is 0 Å². The van der Waals surface area contributed by atoms with E-state index >= 15 is 0 Å². The molecule has 3 rings (SSSR count). The van der Waals surface area contributed by atoms with Crippen LogP contribution in [0.25, 0.3) is 0 Å². The first-order valence-electron chi connectivity index (χ1n) is 8.79. The summed E-state index contributed by atoms with van der Waals surface area (Å²) in [5.41, 5.74) is 0.370. The van der Waals surface area contributed by atoms with Crippen molar-refractivity contribution in [1.82, 2.24) is 0 Å². The summed E-state index contributed by atoms with van der Waals surface area (Å²) in [6.45, 7) is 1.90. The molecule has 2 aromatic rings. The van der Waals surface area contributed by atoms with Crippen LogP contribution in [0.2, 0.25) is 5.02 Å². The van der Waals surface area contributed by atoms with Gasteiger partial charge >= 0.3 is 0 Å². The number of carbonyl (C=O) groups excluding carboxylic acids is 2. The summed E-state index contributed by atoms with van der Waals surface area (Å²) in [5, 5.41) is 5.04. The van der Waals surface area contributed by atoms with Gasteiger partial charge in [0.2, 0.25) is 11.8 Å². The molecule has 1 atom stereocenters. The molecule has 0 fully saturated rings. The van der Waals surface area contributed by atoms with Gasteiger partial charge in [-0.1, -0.05) is 18.5 Å². The number of anilines is 2. The Morgan fingerprint density at radius 2 is 2.03 bits per heavy atom. The number of hydrogen-bond acceptors (Lipinski definition) is 5. The van der Waals surface area contributed by atoms with Gasteiger partial charge < -0.3 is 10.6 Å². The van der Waals surface area contributed by atoms with Crippen LogP contribution in [0, 0.1) is 5.82 Å². The molecule has 0 aliphatic carbocycles. The third-order valence-electron chi connectivity index (χ3n) is 4.30. The molecule has 0 aromatic heterocycles. The molecule has 0 radical (unpaired) electrons. The molecule has 2 aromatic carbocycles. The van der Waals surface area contributed by atoms with Crippen molar-refractivity contribution in [2.45, 2.75) is 34.8 Å². The van der Waals surface area contributed by atoms with Crippen molar-refractivity contribution in [3.8, 4) is 0 Å². The molecule has 0 spiro atoms. The average molecular weight is 457 g/mol. The van der Waals surface area contributed by atoms with Crippen molar-refractivity contribution in [3.05, 3.63) is 47.2 Å². The first-order valence-corrected chi connectivity index (χ1v) is 11.7. The number of nitrogens with one attached hydrogen (secondary N) is 2. The molecule has 0 saturated heterocycles.